The molecule has 0 amide bonds. The number of fused-ring (bicyclic) bond motifs is 1. The van der Waals surface area contributed by atoms with E-state index >= 15 is 0 Å². The van der Waals surface area contributed by atoms with Gasteiger partial charge in [-0.25, -0.2) is 4.98 Å². The minimum Gasteiger partial charge on any atom is -0.392 e. The van der Waals surface area contributed by atoms with Crippen LogP contribution in [0.5, 0.6) is 0 Å². The Morgan fingerprint density at radius 2 is 2.31 bits per heavy atom. The lowest BCUT2D eigenvalue weighted by Crippen LogP contribution is -1.97. The molecule has 0 saturated carbocycles. The molecular weight excluding hydrogens is 166 g/mol. The summed E-state index contributed by atoms with van der Waals surface area (Å²) in [5, 5.41) is 9.04. The molecule has 1 aromatic carbocycles. The fraction of sp³-hybridized carbons (Fsp3) is 0.222. The lowest BCUT2D eigenvalue weighted by molar-refractivity contribution is 0.283. The van der Waals surface area contributed by atoms with Crippen LogP contribution >= 0.6 is 0 Å². The van der Waals surface area contributed by atoms with Gasteiger partial charge in [-0.2, -0.15) is 0 Å². The molecule has 0 aliphatic heterocycles. The number of rotatable bonds is 2. The van der Waals surface area contributed by atoms with Crippen LogP contribution in [0.1, 0.15) is 11.4 Å². The van der Waals surface area contributed by atoms with Crippen molar-refractivity contribution in [2.24, 2.45) is 5.73 Å². The van der Waals surface area contributed by atoms with E-state index in [1.54, 1.807) is 0 Å². The Morgan fingerprint density at radius 3 is 3.00 bits per heavy atom. The zero-order valence-corrected chi connectivity index (χ0v) is 7.12. The Kier molecular flexibility index (Phi) is 2.00. The molecule has 1 heterocycles. The largest absolute Gasteiger partial charge is 0.392 e. The molecule has 13 heavy (non-hydrogen) atoms. The van der Waals surface area contributed by atoms with Gasteiger partial charge in [0.25, 0.3) is 0 Å². The molecule has 2 aromatic rings. The number of nitrogens with zero attached hydrogens (tertiary/aromatic N) is 1. The summed E-state index contributed by atoms with van der Waals surface area (Å²) in [6.07, 6.45) is 0. The van der Waals surface area contributed by atoms with Crippen LogP contribution in [-0.4, -0.2) is 15.1 Å². The number of aromatic nitrogens is 2. The molecule has 0 aliphatic rings. The van der Waals surface area contributed by atoms with Crippen molar-refractivity contribution < 1.29 is 5.11 Å². The highest BCUT2D eigenvalue weighted by atomic mass is 16.3. The molecule has 1 aromatic heterocycles. The molecular formula is C9H11N3O. The van der Waals surface area contributed by atoms with Crippen molar-refractivity contribution in [3.8, 4) is 0 Å². The van der Waals surface area contributed by atoms with E-state index in [1.807, 2.05) is 18.2 Å². The van der Waals surface area contributed by atoms with Gasteiger partial charge in [-0.15, -0.1) is 0 Å². The van der Waals surface area contributed by atoms with Gasteiger partial charge in [0.05, 0.1) is 24.2 Å². The van der Waals surface area contributed by atoms with Crippen LogP contribution in [0.3, 0.4) is 0 Å². The van der Waals surface area contributed by atoms with Crippen LogP contribution in [0.25, 0.3) is 11.0 Å². The van der Waals surface area contributed by atoms with E-state index in [1.165, 1.54) is 0 Å². The summed E-state index contributed by atoms with van der Waals surface area (Å²) in [6, 6.07) is 5.62. The third-order valence-electron chi connectivity index (χ3n) is 2.02. The summed E-state index contributed by atoms with van der Waals surface area (Å²) in [5.41, 5.74) is 8.03. The van der Waals surface area contributed by atoms with E-state index in [0.717, 1.165) is 22.4 Å². The Hall–Kier alpha value is -1.39. The predicted molar refractivity (Wildman–Crippen MR) is 49.9 cm³/mol. The Morgan fingerprint density at radius 1 is 1.46 bits per heavy atom. The second-order valence-electron chi connectivity index (χ2n) is 2.86. The first-order valence-corrected chi connectivity index (χ1v) is 4.12. The minimum absolute atomic E-state index is 0.0174. The zero-order valence-electron chi connectivity index (χ0n) is 7.12. The molecule has 0 spiro atoms. The zero-order chi connectivity index (χ0) is 9.26. The monoisotopic (exact) mass is 177 g/mol. The summed E-state index contributed by atoms with van der Waals surface area (Å²) in [7, 11) is 0. The van der Waals surface area contributed by atoms with Crippen LogP contribution in [0.2, 0.25) is 0 Å². The second-order valence-corrected chi connectivity index (χ2v) is 2.86. The smallest absolute Gasteiger partial charge is 0.121 e. The van der Waals surface area contributed by atoms with E-state index in [2.05, 4.69) is 9.97 Å². The average molecular weight is 177 g/mol. The number of imidazole rings is 1. The number of benzene rings is 1. The topological polar surface area (TPSA) is 74.9 Å². The van der Waals surface area contributed by atoms with E-state index < -0.39 is 0 Å². The van der Waals surface area contributed by atoms with Crippen molar-refractivity contribution in [1.82, 2.24) is 9.97 Å². The molecule has 2 rings (SSSR count). The molecule has 4 N–H and O–H groups in total. The molecule has 0 unspecified atom stereocenters. The normalized spacial score (nSPS) is 10.9. The van der Waals surface area contributed by atoms with Crippen LogP contribution in [0, 0.1) is 0 Å². The summed E-state index contributed by atoms with van der Waals surface area (Å²) in [6.45, 7) is 0.406. The number of H-pyrrole nitrogens is 1. The summed E-state index contributed by atoms with van der Waals surface area (Å²) >= 11 is 0. The molecule has 0 aliphatic carbocycles. The number of aromatic amines is 1. The van der Waals surface area contributed by atoms with Crippen LogP contribution in [0.15, 0.2) is 18.2 Å². The van der Waals surface area contributed by atoms with Gasteiger partial charge in [0.15, 0.2) is 0 Å². The molecule has 0 saturated heterocycles. The predicted octanol–water partition coefficient (Wildman–Crippen LogP) is 0.514. The van der Waals surface area contributed by atoms with Crippen LogP contribution < -0.4 is 5.73 Å². The lowest BCUT2D eigenvalue weighted by Gasteiger charge is -1.95. The highest BCUT2D eigenvalue weighted by Gasteiger charge is 2.04. The van der Waals surface area contributed by atoms with Gasteiger partial charge in [-0.1, -0.05) is 12.1 Å². The van der Waals surface area contributed by atoms with Crippen molar-refractivity contribution in [1.29, 1.82) is 0 Å². The fourth-order valence-corrected chi connectivity index (χ4v) is 1.37. The third kappa shape index (κ3) is 1.30. The number of aliphatic hydroxyl groups excluding tert-OH is 1. The highest BCUT2D eigenvalue weighted by Crippen LogP contribution is 2.15. The van der Waals surface area contributed by atoms with Crippen LogP contribution in [-0.2, 0) is 13.2 Å². The maximum atomic E-state index is 9.04. The molecule has 0 radical (unpaired) electrons. The number of nitrogens with two attached hydrogens (primary N) is 1. The molecule has 4 heteroatoms. The van der Waals surface area contributed by atoms with E-state index in [-0.39, 0.29) is 6.61 Å². The van der Waals surface area contributed by atoms with Crippen molar-refractivity contribution in [3.05, 3.63) is 29.6 Å². The van der Waals surface area contributed by atoms with Gasteiger partial charge < -0.3 is 15.8 Å². The number of para-hydroxylation sites is 1. The second kappa shape index (κ2) is 3.16. The van der Waals surface area contributed by atoms with Gasteiger partial charge in [0, 0.05) is 5.56 Å². The third-order valence-corrected chi connectivity index (χ3v) is 2.02. The first kappa shape index (κ1) is 8.22. The van der Waals surface area contributed by atoms with E-state index in [4.69, 9.17) is 10.8 Å². The molecule has 4 nitrogen and oxygen atoms in total. The maximum Gasteiger partial charge on any atom is 0.121 e. The molecule has 0 bridgehead atoms. The highest BCUT2D eigenvalue weighted by molar-refractivity contribution is 5.78. The number of hydrogen-bond acceptors (Lipinski definition) is 3. The average Bonchev–Trinajstić information content (AvgIpc) is 2.59. The first-order chi connectivity index (χ1) is 6.35. The summed E-state index contributed by atoms with van der Waals surface area (Å²) < 4.78 is 0. The van der Waals surface area contributed by atoms with E-state index in [9.17, 15) is 0 Å². The van der Waals surface area contributed by atoms with Crippen molar-refractivity contribution in [3.63, 3.8) is 0 Å². The van der Waals surface area contributed by atoms with Gasteiger partial charge in [-0.3, -0.25) is 0 Å². The fourth-order valence-electron chi connectivity index (χ4n) is 1.37. The first-order valence-electron chi connectivity index (χ1n) is 4.12. The number of hydrogen-bond donors (Lipinski definition) is 3. The van der Waals surface area contributed by atoms with E-state index in [0.29, 0.717) is 6.54 Å². The van der Waals surface area contributed by atoms with Gasteiger partial charge >= 0.3 is 0 Å². The Bertz CT molecular complexity index is 422. The molecule has 0 fully saturated rings. The maximum absolute atomic E-state index is 9.04. The van der Waals surface area contributed by atoms with Crippen LogP contribution in [0.4, 0.5) is 0 Å². The minimum atomic E-state index is 0.0174. The van der Waals surface area contributed by atoms with Crippen molar-refractivity contribution in [2.75, 3.05) is 0 Å². The number of nitrogens with one attached hydrogen (secondary N) is 1. The standard InChI is InChI=1S/C9H11N3O/c10-4-8-11-7-3-1-2-6(5-13)9(7)12-8/h1-3,13H,4-5,10H2,(H,11,12). The van der Waals surface area contributed by atoms with Gasteiger partial charge in [-0.05, 0) is 6.07 Å². The summed E-state index contributed by atoms with van der Waals surface area (Å²) in [4.78, 5) is 7.32. The number of aliphatic hydroxyl groups is 1. The summed E-state index contributed by atoms with van der Waals surface area (Å²) in [5.74, 6) is 0.746. The SMILES string of the molecule is NCc1nc2cccc(CO)c2[nH]1. The Labute approximate surface area is 75.4 Å². The molecule has 68 valence electrons. The lowest BCUT2D eigenvalue weighted by atomic mass is 10.2. The quantitative estimate of drug-likeness (QED) is 0.625. The Balaban J connectivity index is 2.67. The van der Waals surface area contributed by atoms with Crippen molar-refractivity contribution in [2.45, 2.75) is 13.2 Å². The van der Waals surface area contributed by atoms with Gasteiger partial charge in [0.1, 0.15) is 5.82 Å². The molecule has 0 atom stereocenters. The van der Waals surface area contributed by atoms with Gasteiger partial charge in [0.2, 0.25) is 0 Å². The van der Waals surface area contributed by atoms with Crippen molar-refractivity contribution >= 4 is 11.0 Å².